The molecule has 2 fully saturated rings. The number of hydrogen-bond acceptors (Lipinski definition) is 3. The van der Waals surface area contributed by atoms with Crippen LogP contribution < -0.4 is 20.9 Å². The molecule has 21 heavy (non-hydrogen) atoms. The lowest BCUT2D eigenvalue weighted by Gasteiger charge is -2.29. The van der Waals surface area contributed by atoms with E-state index in [9.17, 15) is 9.59 Å². The molecule has 1 aliphatic heterocycles. The summed E-state index contributed by atoms with van der Waals surface area (Å²) in [5.74, 6) is -0.0108. The van der Waals surface area contributed by atoms with Gasteiger partial charge in [0.15, 0.2) is 0 Å². The van der Waals surface area contributed by atoms with Crippen LogP contribution in [-0.4, -0.2) is 37.6 Å². The van der Waals surface area contributed by atoms with Gasteiger partial charge in [-0.25, -0.2) is 4.79 Å². The molecule has 3 amide bonds. The SMILES string of the molecule is O=C1CN(c2ccc(NC(=O)NC3CC3)cc2Cl)CCN1. The van der Waals surface area contributed by atoms with Crippen molar-refractivity contribution in [3.63, 3.8) is 0 Å². The van der Waals surface area contributed by atoms with Gasteiger partial charge in [0.05, 0.1) is 17.3 Å². The van der Waals surface area contributed by atoms with Gasteiger partial charge < -0.3 is 20.9 Å². The second kappa shape index (κ2) is 5.81. The van der Waals surface area contributed by atoms with Crippen molar-refractivity contribution in [1.82, 2.24) is 10.6 Å². The molecular formula is C14H17ClN4O2. The van der Waals surface area contributed by atoms with Gasteiger partial charge >= 0.3 is 6.03 Å². The van der Waals surface area contributed by atoms with E-state index >= 15 is 0 Å². The molecule has 1 aromatic rings. The van der Waals surface area contributed by atoms with E-state index in [4.69, 9.17) is 11.6 Å². The molecule has 1 aromatic carbocycles. The molecule has 0 spiro atoms. The Balaban J connectivity index is 1.66. The van der Waals surface area contributed by atoms with Crippen molar-refractivity contribution in [2.75, 3.05) is 29.9 Å². The molecule has 2 aliphatic rings. The van der Waals surface area contributed by atoms with Gasteiger partial charge in [-0.1, -0.05) is 11.6 Å². The molecule has 1 aliphatic carbocycles. The third-order valence-corrected chi connectivity index (χ3v) is 3.80. The van der Waals surface area contributed by atoms with Crippen LogP contribution in [0.4, 0.5) is 16.2 Å². The number of carbonyl (C=O) groups excluding carboxylic acids is 2. The molecule has 0 radical (unpaired) electrons. The Hall–Kier alpha value is -1.95. The summed E-state index contributed by atoms with van der Waals surface area (Å²) in [4.78, 5) is 25.0. The van der Waals surface area contributed by atoms with Crippen molar-refractivity contribution in [2.45, 2.75) is 18.9 Å². The zero-order valence-corrected chi connectivity index (χ0v) is 12.2. The normalized spacial score (nSPS) is 18.1. The highest BCUT2D eigenvalue weighted by atomic mass is 35.5. The van der Waals surface area contributed by atoms with Crippen molar-refractivity contribution in [3.05, 3.63) is 23.2 Å². The Morgan fingerprint density at radius 3 is 2.86 bits per heavy atom. The van der Waals surface area contributed by atoms with Crippen molar-refractivity contribution >= 4 is 34.9 Å². The van der Waals surface area contributed by atoms with Crippen molar-refractivity contribution in [2.24, 2.45) is 0 Å². The molecule has 1 saturated carbocycles. The smallest absolute Gasteiger partial charge is 0.319 e. The van der Waals surface area contributed by atoms with Crippen LogP contribution in [0.15, 0.2) is 18.2 Å². The number of carbonyl (C=O) groups is 2. The number of anilines is 2. The number of benzene rings is 1. The Kier molecular flexibility index (Phi) is 3.88. The number of rotatable bonds is 3. The van der Waals surface area contributed by atoms with Crippen LogP contribution in [-0.2, 0) is 4.79 Å². The van der Waals surface area contributed by atoms with Gasteiger partial charge in [-0.15, -0.1) is 0 Å². The fourth-order valence-corrected chi connectivity index (χ4v) is 2.57. The van der Waals surface area contributed by atoms with Gasteiger partial charge in [0.2, 0.25) is 5.91 Å². The molecule has 0 unspecified atom stereocenters. The van der Waals surface area contributed by atoms with E-state index in [-0.39, 0.29) is 11.9 Å². The minimum Gasteiger partial charge on any atom is -0.359 e. The molecule has 1 heterocycles. The molecule has 1 saturated heterocycles. The fraction of sp³-hybridized carbons (Fsp3) is 0.429. The quantitative estimate of drug-likeness (QED) is 0.793. The maximum atomic E-state index is 11.7. The van der Waals surface area contributed by atoms with E-state index in [1.807, 2.05) is 11.0 Å². The molecule has 3 N–H and O–H groups in total. The molecule has 0 atom stereocenters. The minimum absolute atomic E-state index is 0.0108. The lowest BCUT2D eigenvalue weighted by atomic mass is 10.2. The maximum absolute atomic E-state index is 11.7. The van der Waals surface area contributed by atoms with Crippen LogP contribution >= 0.6 is 11.6 Å². The monoisotopic (exact) mass is 308 g/mol. The summed E-state index contributed by atoms with van der Waals surface area (Å²) < 4.78 is 0. The number of amides is 3. The highest BCUT2D eigenvalue weighted by Crippen LogP contribution is 2.29. The first-order valence-corrected chi connectivity index (χ1v) is 7.38. The zero-order valence-electron chi connectivity index (χ0n) is 11.5. The fourth-order valence-electron chi connectivity index (χ4n) is 2.27. The van der Waals surface area contributed by atoms with Crippen molar-refractivity contribution in [1.29, 1.82) is 0 Å². The second-order valence-electron chi connectivity index (χ2n) is 5.31. The van der Waals surface area contributed by atoms with E-state index < -0.39 is 0 Å². The average molecular weight is 309 g/mol. The third-order valence-electron chi connectivity index (χ3n) is 3.50. The highest BCUT2D eigenvalue weighted by Gasteiger charge is 2.23. The number of halogens is 1. The first-order chi connectivity index (χ1) is 10.1. The van der Waals surface area contributed by atoms with Crippen molar-refractivity contribution in [3.8, 4) is 0 Å². The van der Waals surface area contributed by atoms with Crippen LogP contribution in [0.2, 0.25) is 5.02 Å². The van der Waals surface area contributed by atoms with Crippen LogP contribution in [0, 0.1) is 0 Å². The van der Waals surface area contributed by atoms with E-state index in [0.717, 1.165) is 25.1 Å². The largest absolute Gasteiger partial charge is 0.359 e. The summed E-state index contributed by atoms with van der Waals surface area (Å²) >= 11 is 6.27. The lowest BCUT2D eigenvalue weighted by Crippen LogP contribution is -2.47. The van der Waals surface area contributed by atoms with E-state index in [1.165, 1.54) is 0 Å². The van der Waals surface area contributed by atoms with E-state index in [1.54, 1.807) is 12.1 Å². The molecule has 7 heteroatoms. The molecule has 0 bridgehead atoms. The average Bonchev–Trinajstić information content (AvgIpc) is 3.22. The van der Waals surface area contributed by atoms with Crippen LogP contribution in [0.5, 0.6) is 0 Å². The van der Waals surface area contributed by atoms with Gasteiger partial charge in [-0.05, 0) is 31.0 Å². The van der Waals surface area contributed by atoms with Gasteiger partial charge in [0.1, 0.15) is 0 Å². The molecule has 3 rings (SSSR count). The first kappa shape index (κ1) is 14.0. The molecule has 112 valence electrons. The topological polar surface area (TPSA) is 73.5 Å². The number of urea groups is 1. The second-order valence-corrected chi connectivity index (χ2v) is 5.72. The Morgan fingerprint density at radius 1 is 1.38 bits per heavy atom. The predicted octanol–water partition coefficient (Wildman–Crippen LogP) is 1.56. The van der Waals surface area contributed by atoms with Crippen LogP contribution in [0.1, 0.15) is 12.8 Å². The standard InChI is InChI=1S/C14H17ClN4O2/c15-11-7-10(18-14(21)17-9-1-2-9)3-4-12(11)19-6-5-16-13(20)8-19/h3-4,7,9H,1-2,5-6,8H2,(H,16,20)(H2,17,18,21). The number of piperazine rings is 1. The predicted molar refractivity (Wildman–Crippen MR) is 81.9 cm³/mol. The van der Waals surface area contributed by atoms with Gasteiger partial charge in [0.25, 0.3) is 0 Å². The molecule has 6 nitrogen and oxygen atoms in total. The zero-order chi connectivity index (χ0) is 14.8. The van der Waals surface area contributed by atoms with Crippen LogP contribution in [0.25, 0.3) is 0 Å². The Labute approximate surface area is 127 Å². The third kappa shape index (κ3) is 3.58. The van der Waals surface area contributed by atoms with E-state index in [2.05, 4.69) is 16.0 Å². The summed E-state index contributed by atoms with van der Waals surface area (Å²) in [5.41, 5.74) is 1.45. The molecular weight excluding hydrogens is 292 g/mol. The van der Waals surface area contributed by atoms with Crippen molar-refractivity contribution < 1.29 is 9.59 Å². The van der Waals surface area contributed by atoms with Crippen LogP contribution in [0.3, 0.4) is 0 Å². The molecule has 0 aromatic heterocycles. The summed E-state index contributed by atoms with van der Waals surface area (Å²) in [7, 11) is 0. The highest BCUT2D eigenvalue weighted by molar-refractivity contribution is 6.33. The maximum Gasteiger partial charge on any atom is 0.319 e. The number of nitrogens with one attached hydrogen (secondary N) is 3. The summed E-state index contributed by atoms with van der Waals surface area (Å²) in [6.07, 6.45) is 2.09. The Morgan fingerprint density at radius 2 is 2.19 bits per heavy atom. The minimum atomic E-state index is -0.210. The number of nitrogens with zero attached hydrogens (tertiary/aromatic N) is 1. The first-order valence-electron chi connectivity index (χ1n) is 7.00. The summed E-state index contributed by atoms with van der Waals surface area (Å²) in [6.45, 7) is 1.63. The van der Waals surface area contributed by atoms with Gasteiger partial charge in [-0.2, -0.15) is 0 Å². The van der Waals surface area contributed by atoms with Gasteiger partial charge in [0, 0.05) is 24.8 Å². The Bertz CT molecular complexity index is 574. The number of hydrogen-bond donors (Lipinski definition) is 3. The lowest BCUT2D eigenvalue weighted by molar-refractivity contribution is -0.120. The summed E-state index contributed by atoms with van der Waals surface area (Å²) in [5, 5.41) is 8.91. The van der Waals surface area contributed by atoms with Gasteiger partial charge in [-0.3, -0.25) is 4.79 Å². The summed E-state index contributed by atoms with van der Waals surface area (Å²) in [6, 6.07) is 5.43. The van der Waals surface area contributed by atoms with E-state index in [0.29, 0.717) is 29.8 Å².